The smallest absolute Gasteiger partial charge is 0.137 e. The topological polar surface area (TPSA) is 30.5 Å². The fraction of sp³-hybridized carbons (Fsp3) is 0.571. The second-order valence-electron chi connectivity index (χ2n) is 4.57. The molecule has 18 heavy (non-hydrogen) atoms. The van der Waals surface area contributed by atoms with Gasteiger partial charge in [0.2, 0.25) is 0 Å². The average molecular weight is 270 g/mol. The molecule has 1 saturated heterocycles. The van der Waals surface area contributed by atoms with Crippen molar-refractivity contribution in [1.82, 2.24) is 5.32 Å². The third-order valence-corrected chi connectivity index (χ3v) is 3.39. The molecule has 0 bridgehead atoms. The van der Waals surface area contributed by atoms with Crippen LogP contribution in [-0.4, -0.2) is 26.4 Å². The lowest BCUT2D eigenvalue weighted by Gasteiger charge is -2.12. The Morgan fingerprint density at radius 3 is 3.06 bits per heavy atom. The molecule has 1 aliphatic heterocycles. The average Bonchev–Trinajstić information content (AvgIpc) is 2.85. The Bertz CT molecular complexity index is 378. The Labute approximate surface area is 113 Å². The van der Waals surface area contributed by atoms with Crippen molar-refractivity contribution in [2.45, 2.75) is 31.9 Å². The first kappa shape index (κ1) is 13.7. The Balaban J connectivity index is 1.81. The minimum absolute atomic E-state index is 0.368. The lowest BCUT2D eigenvalue weighted by Crippen LogP contribution is -2.11. The molecule has 0 saturated carbocycles. The van der Waals surface area contributed by atoms with Crippen molar-refractivity contribution < 1.29 is 9.47 Å². The van der Waals surface area contributed by atoms with Crippen LogP contribution in [0.5, 0.6) is 5.75 Å². The fourth-order valence-electron chi connectivity index (χ4n) is 2.15. The van der Waals surface area contributed by atoms with Crippen LogP contribution in [0.25, 0.3) is 0 Å². The highest BCUT2D eigenvalue weighted by molar-refractivity contribution is 6.32. The number of nitrogens with one attached hydrogen (secondary N) is 1. The van der Waals surface area contributed by atoms with Gasteiger partial charge in [-0.15, -0.1) is 0 Å². The van der Waals surface area contributed by atoms with Gasteiger partial charge >= 0.3 is 0 Å². The molecule has 3 nitrogen and oxygen atoms in total. The Morgan fingerprint density at radius 1 is 1.50 bits per heavy atom. The quantitative estimate of drug-likeness (QED) is 0.861. The van der Waals surface area contributed by atoms with Crippen molar-refractivity contribution in [3.63, 3.8) is 0 Å². The largest absolute Gasteiger partial charge is 0.492 e. The maximum Gasteiger partial charge on any atom is 0.137 e. The first-order chi connectivity index (χ1) is 8.79. The minimum Gasteiger partial charge on any atom is -0.492 e. The van der Waals surface area contributed by atoms with Gasteiger partial charge in [0.05, 0.1) is 17.7 Å². The minimum atomic E-state index is 0.368. The molecule has 2 rings (SSSR count). The van der Waals surface area contributed by atoms with E-state index < -0.39 is 0 Å². The van der Waals surface area contributed by atoms with E-state index in [-0.39, 0.29) is 0 Å². The molecule has 1 aromatic carbocycles. The summed E-state index contributed by atoms with van der Waals surface area (Å²) in [6, 6.07) is 5.91. The second kappa shape index (κ2) is 6.98. The van der Waals surface area contributed by atoms with Gasteiger partial charge in [-0.25, -0.2) is 0 Å². The summed E-state index contributed by atoms with van der Waals surface area (Å²) in [5.74, 6) is 0.759. The molecule has 4 heteroatoms. The SMILES string of the molecule is CNCc1ccc(OCCC2CCCO2)c(Cl)c1. The van der Waals surface area contributed by atoms with Gasteiger partial charge in [-0.1, -0.05) is 17.7 Å². The number of ether oxygens (including phenoxy) is 2. The molecule has 100 valence electrons. The molecule has 0 radical (unpaired) electrons. The van der Waals surface area contributed by atoms with Crippen molar-refractivity contribution in [1.29, 1.82) is 0 Å². The molecule has 1 aromatic rings. The molecule has 0 aromatic heterocycles. The molecule has 1 N–H and O–H groups in total. The van der Waals surface area contributed by atoms with Crippen LogP contribution in [0.15, 0.2) is 18.2 Å². The van der Waals surface area contributed by atoms with Crippen LogP contribution in [0.1, 0.15) is 24.8 Å². The highest BCUT2D eigenvalue weighted by Crippen LogP contribution is 2.26. The van der Waals surface area contributed by atoms with Crippen LogP contribution in [0.2, 0.25) is 5.02 Å². The van der Waals surface area contributed by atoms with E-state index in [0.717, 1.165) is 37.3 Å². The third kappa shape index (κ3) is 3.87. The summed E-state index contributed by atoms with van der Waals surface area (Å²) in [6.45, 7) is 2.37. The van der Waals surface area contributed by atoms with E-state index in [0.29, 0.717) is 17.7 Å². The summed E-state index contributed by atoms with van der Waals surface area (Å²) in [5, 5.41) is 3.77. The zero-order valence-corrected chi connectivity index (χ0v) is 11.5. The van der Waals surface area contributed by atoms with Gasteiger partial charge in [0, 0.05) is 19.6 Å². The molecule has 1 unspecified atom stereocenters. The monoisotopic (exact) mass is 269 g/mol. The van der Waals surface area contributed by atoms with Gasteiger partial charge in [-0.05, 0) is 37.6 Å². The molecule has 1 aliphatic rings. The zero-order valence-electron chi connectivity index (χ0n) is 10.7. The van der Waals surface area contributed by atoms with E-state index in [9.17, 15) is 0 Å². The third-order valence-electron chi connectivity index (χ3n) is 3.10. The number of hydrogen-bond donors (Lipinski definition) is 1. The second-order valence-corrected chi connectivity index (χ2v) is 4.97. The van der Waals surface area contributed by atoms with Gasteiger partial charge in [0.1, 0.15) is 5.75 Å². The van der Waals surface area contributed by atoms with Gasteiger partial charge in [0.15, 0.2) is 0 Å². The Kier molecular flexibility index (Phi) is 5.29. The number of rotatable bonds is 6. The molecule has 1 heterocycles. The first-order valence-electron chi connectivity index (χ1n) is 6.47. The summed E-state index contributed by atoms with van der Waals surface area (Å²) in [5.41, 5.74) is 1.16. The molecule has 1 atom stereocenters. The standard InChI is InChI=1S/C14H20ClNO2/c1-16-10-11-4-5-14(13(15)9-11)18-8-6-12-3-2-7-17-12/h4-5,9,12,16H,2-3,6-8,10H2,1H3. The highest BCUT2D eigenvalue weighted by atomic mass is 35.5. The maximum atomic E-state index is 6.18. The fourth-order valence-corrected chi connectivity index (χ4v) is 2.41. The lowest BCUT2D eigenvalue weighted by molar-refractivity contribution is 0.0904. The number of benzene rings is 1. The molecule has 1 fully saturated rings. The van der Waals surface area contributed by atoms with Crippen molar-refractivity contribution in [3.8, 4) is 5.75 Å². The predicted octanol–water partition coefficient (Wildman–Crippen LogP) is 3.01. The summed E-state index contributed by atoms with van der Waals surface area (Å²) in [7, 11) is 1.92. The number of halogens is 1. The van der Waals surface area contributed by atoms with Crippen LogP contribution in [-0.2, 0) is 11.3 Å². The van der Waals surface area contributed by atoms with E-state index in [1.165, 1.54) is 6.42 Å². The van der Waals surface area contributed by atoms with Crippen molar-refractivity contribution in [2.24, 2.45) is 0 Å². The van der Waals surface area contributed by atoms with Crippen molar-refractivity contribution in [2.75, 3.05) is 20.3 Å². The summed E-state index contributed by atoms with van der Waals surface area (Å²) < 4.78 is 11.3. The van der Waals surface area contributed by atoms with Crippen LogP contribution in [0.3, 0.4) is 0 Å². The Morgan fingerprint density at radius 2 is 2.39 bits per heavy atom. The first-order valence-corrected chi connectivity index (χ1v) is 6.85. The number of hydrogen-bond acceptors (Lipinski definition) is 3. The summed E-state index contributed by atoms with van der Waals surface area (Å²) in [6.07, 6.45) is 3.63. The predicted molar refractivity (Wildman–Crippen MR) is 73.3 cm³/mol. The van der Waals surface area contributed by atoms with Crippen LogP contribution >= 0.6 is 11.6 Å². The molecule has 0 spiro atoms. The van der Waals surface area contributed by atoms with Gasteiger partial charge in [0.25, 0.3) is 0 Å². The van der Waals surface area contributed by atoms with Crippen LogP contribution < -0.4 is 10.1 Å². The van der Waals surface area contributed by atoms with Gasteiger partial charge in [-0.2, -0.15) is 0 Å². The van der Waals surface area contributed by atoms with E-state index in [4.69, 9.17) is 21.1 Å². The summed E-state index contributed by atoms with van der Waals surface area (Å²) in [4.78, 5) is 0. The van der Waals surface area contributed by atoms with Gasteiger partial charge < -0.3 is 14.8 Å². The van der Waals surface area contributed by atoms with Crippen molar-refractivity contribution in [3.05, 3.63) is 28.8 Å². The molecule has 0 amide bonds. The normalized spacial score (nSPS) is 19.1. The van der Waals surface area contributed by atoms with E-state index in [2.05, 4.69) is 5.32 Å². The van der Waals surface area contributed by atoms with Crippen LogP contribution in [0.4, 0.5) is 0 Å². The highest BCUT2D eigenvalue weighted by Gasteiger charge is 2.15. The van der Waals surface area contributed by atoms with E-state index >= 15 is 0 Å². The van der Waals surface area contributed by atoms with Crippen molar-refractivity contribution >= 4 is 11.6 Å². The Hall–Kier alpha value is -0.770. The molecular weight excluding hydrogens is 250 g/mol. The van der Waals surface area contributed by atoms with E-state index in [1.54, 1.807) is 0 Å². The maximum absolute atomic E-state index is 6.18. The summed E-state index contributed by atoms with van der Waals surface area (Å²) >= 11 is 6.18. The van der Waals surface area contributed by atoms with Crippen LogP contribution in [0, 0.1) is 0 Å². The van der Waals surface area contributed by atoms with Gasteiger partial charge in [-0.3, -0.25) is 0 Å². The van der Waals surface area contributed by atoms with E-state index in [1.807, 2.05) is 25.2 Å². The molecule has 0 aliphatic carbocycles. The zero-order chi connectivity index (χ0) is 12.8. The lowest BCUT2D eigenvalue weighted by atomic mass is 10.2. The molecular formula is C14H20ClNO2.